The van der Waals surface area contributed by atoms with Crippen LogP contribution in [0.25, 0.3) is 0 Å². The minimum Gasteiger partial charge on any atom is -0.467 e. The van der Waals surface area contributed by atoms with Gasteiger partial charge in [0.05, 0.1) is 12.8 Å². The Morgan fingerprint density at radius 3 is 2.72 bits per heavy atom. The number of rotatable bonds is 5. The summed E-state index contributed by atoms with van der Waals surface area (Å²) >= 11 is 0. The molecular weight excluding hydrogens is 230 g/mol. The first-order valence-corrected chi connectivity index (χ1v) is 6.00. The number of carbonyl (C=O) groups excluding carboxylic acids is 1. The van der Waals surface area contributed by atoms with E-state index in [0.29, 0.717) is 23.8 Å². The summed E-state index contributed by atoms with van der Waals surface area (Å²) < 4.78 is 4.78. The van der Waals surface area contributed by atoms with E-state index >= 15 is 0 Å². The third kappa shape index (κ3) is 3.91. The largest absolute Gasteiger partial charge is 0.467 e. The summed E-state index contributed by atoms with van der Waals surface area (Å²) in [6.45, 7) is 6.01. The summed E-state index contributed by atoms with van der Waals surface area (Å²) in [7, 11) is 1.38. The average molecular weight is 251 g/mol. The number of nitrogens with two attached hydrogens (primary N) is 1. The van der Waals surface area contributed by atoms with Crippen LogP contribution in [-0.2, 0) is 9.53 Å². The third-order valence-corrected chi connectivity index (χ3v) is 2.56. The van der Waals surface area contributed by atoms with Gasteiger partial charge in [-0.25, -0.2) is 9.78 Å². The molecule has 0 fully saturated rings. The van der Waals surface area contributed by atoms with Gasteiger partial charge in [-0.2, -0.15) is 0 Å². The molecule has 1 heterocycles. The van der Waals surface area contributed by atoms with Gasteiger partial charge in [0.15, 0.2) is 0 Å². The number of hydrogen-bond donors (Lipinski definition) is 2. The lowest BCUT2D eigenvalue weighted by Crippen LogP contribution is -2.32. The molecule has 1 aromatic heterocycles. The summed E-state index contributed by atoms with van der Waals surface area (Å²) in [6, 6.07) is 1.39. The number of esters is 1. The van der Waals surface area contributed by atoms with Crippen molar-refractivity contribution in [1.82, 2.24) is 4.98 Å². The SMILES string of the molecule is COC(=O)C(CC(C)C)Nc1ncc(C)cc1N. The van der Waals surface area contributed by atoms with E-state index < -0.39 is 6.04 Å². The molecule has 0 amide bonds. The minimum atomic E-state index is -0.424. The molecule has 0 aromatic carbocycles. The van der Waals surface area contributed by atoms with Crippen LogP contribution in [0.4, 0.5) is 11.5 Å². The molecule has 0 aliphatic rings. The van der Waals surface area contributed by atoms with E-state index in [1.165, 1.54) is 7.11 Å². The highest BCUT2D eigenvalue weighted by Crippen LogP contribution is 2.19. The van der Waals surface area contributed by atoms with E-state index in [9.17, 15) is 4.79 Å². The van der Waals surface area contributed by atoms with Gasteiger partial charge in [0, 0.05) is 6.20 Å². The molecule has 18 heavy (non-hydrogen) atoms. The van der Waals surface area contributed by atoms with Gasteiger partial charge in [0.2, 0.25) is 0 Å². The first-order valence-electron chi connectivity index (χ1n) is 6.00. The molecular formula is C13H21N3O2. The van der Waals surface area contributed by atoms with Crippen LogP contribution < -0.4 is 11.1 Å². The van der Waals surface area contributed by atoms with Gasteiger partial charge in [-0.15, -0.1) is 0 Å². The fourth-order valence-corrected chi connectivity index (χ4v) is 1.71. The predicted octanol–water partition coefficient (Wildman–Crippen LogP) is 1.97. The number of aryl methyl sites for hydroxylation is 1. The summed E-state index contributed by atoms with van der Waals surface area (Å²) in [5.41, 5.74) is 7.38. The number of aromatic nitrogens is 1. The number of methoxy groups -OCH3 is 1. The van der Waals surface area contributed by atoms with Crippen LogP contribution in [0.1, 0.15) is 25.8 Å². The topological polar surface area (TPSA) is 77.2 Å². The summed E-state index contributed by atoms with van der Waals surface area (Å²) in [5, 5.41) is 3.05. The molecule has 1 aromatic rings. The maximum atomic E-state index is 11.7. The van der Waals surface area contributed by atoms with Gasteiger partial charge in [0.1, 0.15) is 11.9 Å². The highest BCUT2D eigenvalue weighted by Gasteiger charge is 2.21. The molecule has 0 saturated carbocycles. The monoisotopic (exact) mass is 251 g/mol. The molecule has 0 bridgehead atoms. The van der Waals surface area contributed by atoms with Crippen LogP contribution in [0.5, 0.6) is 0 Å². The normalized spacial score (nSPS) is 12.3. The fourth-order valence-electron chi connectivity index (χ4n) is 1.71. The van der Waals surface area contributed by atoms with Crippen LogP contribution in [0.2, 0.25) is 0 Å². The molecule has 5 heteroatoms. The Kier molecular flexibility index (Phi) is 4.95. The molecule has 100 valence electrons. The third-order valence-electron chi connectivity index (χ3n) is 2.56. The number of nitrogen functional groups attached to an aromatic ring is 1. The van der Waals surface area contributed by atoms with Crippen molar-refractivity contribution in [1.29, 1.82) is 0 Å². The van der Waals surface area contributed by atoms with Gasteiger partial charge < -0.3 is 15.8 Å². The fraction of sp³-hybridized carbons (Fsp3) is 0.538. The lowest BCUT2D eigenvalue weighted by atomic mass is 10.0. The number of pyridine rings is 1. The molecule has 1 atom stereocenters. The highest BCUT2D eigenvalue weighted by molar-refractivity contribution is 5.80. The quantitative estimate of drug-likeness (QED) is 0.782. The molecule has 1 rings (SSSR count). The molecule has 0 saturated heterocycles. The second kappa shape index (κ2) is 6.23. The number of nitrogens with zero attached hydrogens (tertiary/aromatic N) is 1. The Bertz CT molecular complexity index is 419. The van der Waals surface area contributed by atoms with Crippen molar-refractivity contribution in [2.75, 3.05) is 18.2 Å². The Balaban J connectivity index is 2.85. The van der Waals surface area contributed by atoms with E-state index in [-0.39, 0.29) is 5.97 Å². The molecule has 3 N–H and O–H groups in total. The summed E-state index contributed by atoms with van der Waals surface area (Å²) in [6.07, 6.45) is 2.38. The van der Waals surface area contributed by atoms with Crippen molar-refractivity contribution in [3.63, 3.8) is 0 Å². The van der Waals surface area contributed by atoms with Gasteiger partial charge in [0.25, 0.3) is 0 Å². The van der Waals surface area contributed by atoms with Crippen LogP contribution in [0, 0.1) is 12.8 Å². The number of nitrogens with one attached hydrogen (secondary N) is 1. The molecule has 0 aliphatic carbocycles. The Hall–Kier alpha value is -1.78. The van der Waals surface area contributed by atoms with E-state index in [1.54, 1.807) is 6.20 Å². The lowest BCUT2D eigenvalue weighted by molar-refractivity contribution is -0.141. The lowest BCUT2D eigenvalue weighted by Gasteiger charge is -2.19. The van der Waals surface area contributed by atoms with Crippen LogP contribution in [-0.4, -0.2) is 24.1 Å². The maximum Gasteiger partial charge on any atom is 0.328 e. The first-order chi connectivity index (χ1) is 8.43. The number of ether oxygens (including phenoxy) is 1. The molecule has 1 unspecified atom stereocenters. The number of hydrogen-bond acceptors (Lipinski definition) is 5. The second-order valence-corrected chi connectivity index (χ2v) is 4.80. The highest BCUT2D eigenvalue weighted by atomic mass is 16.5. The van der Waals surface area contributed by atoms with Crippen LogP contribution in [0.15, 0.2) is 12.3 Å². The number of carbonyl (C=O) groups is 1. The summed E-state index contributed by atoms with van der Waals surface area (Å²) in [4.78, 5) is 15.9. The van der Waals surface area contributed by atoms with Gasteiger partial charge in [-0.05, 0) is 30.9 Å². The first kappa shape index (κ1) is 14.3. The Morgan fingerprint density at radius 1 is 1.56 bits per heavy atom. The van der Waals surface area contributed by atoms with Crippen molar-refractivity contribution in [3.8, 4) is 0 Å². The van der Waals surface area contributed by atoms with E-state index in [1.807, 2.05) is 26.8 Å². The Labute approximate surface area is 108 Å². The zero-order chi connectivity index (χ0) is 13.7. The maximum absolute atomic E-state index is 11.7. The van der Waals surface area contributed by atoms with Crippen LogP contribution >= 0.6 is 0 Å². The van der Waals surface area contributed by atoms with Gasteiger partial charge in [-0.3, -0.25) is 0 Å². The van der Waals surface area contributed by atoms with Crippen molar-refractivity contribution < 1.29 is 9.53 Å². The average Bonchev–Trinajstić information content (AvgIpc) is 2.30. The van der Waals surface area contributed by atoms with E-state index in [0.717, 1.165) is 5.56 Å². The van der Waals surface area contributed by atoms with Crippen molar-refractivity contribution in [2.24, 2.45) is 5.92 Å². The molecule has 0 aliphatic heterocycles. The zero-order valence-electron chi connectivity index (χ0n) is 11.4. The minimum absolute atomic E-state index is 0.300. The zero-order valence-corrected chi connectivity index (χ0v) is 11.4. The predicted molar refractivity (Wildman–Crippen MR) is 72.3 cm³/mol. The number of anilines is 2. The Morgan fingerprint density at radius 2 is 2.22 bits per heavy atom. The standard InChI is InChI=1S/C13H21N3O2/c1-8(2)5-11(13(17)18-4)16-12-10(14)6-9(3)7-15-12/h6-8,11H,5,14H2,1-4H3,(H,15,16). The van der Waals surface area contributed by atoms with E-state index in [2.05, 4.69) is 10.3 Å². The molecule has 5 nitrogen and oxygen atoms in total. The summed E-state index contributed by atoms with van der Waals surface area (Å²) in [5.74, 6) is 0.593. The van der Waals surface area contributed by atoms with Crippen molar-refractivity contribution in [2.45, 2.75) is 33.2 Å². The molecule has 0 spiro atoms. The van der Waals surface area contributed by atoms with Gasteiger partial charge >= 0.3 is 5.97 Å². The van der Waals surface area contributed by atoms with E-state index in [4.69, 9.17) is 10.5 Å². The smallest absolute Gasteiger partial charge is 0.328 e. The van der Waals surface area contributed by atoms with Crippen molar-refractivity contribution in [3.05, 3.63) is 17.8 Å². The second-order valence-electron chi connectivity index (χ2n) is 4.80. The van der Waals surface area contributed by atoms with Gasteiger partial charge in [-0.1, -0.05) is 13.8 Å². The molecule has 0 radical (unpaired) electrons. The van der Waals surface area contributed by atoms with Crippen molar-refractivity contribution >= 4 is 17.5 Å². The van der Waals surface area contributed by atoms with Crippen LogP contribution in [0.3, 0.4) is 0 Å².